The van der Waals surface area contributed by atoms with Crippen LogP contribution in [0, 0.1) is 0 Å². The van der Waals surface area contributed by atoms with E-state index in [1.54, 1.807) is 14.1 Å². The van der Waals surface area contributed by atoms with Crippen LogP contribution in [0.25, 0.3) is 0 Å². The molecule has 0 fully saturated rings. The highest BCUT2D eigenvalue weighted by Crippen LogP contribution is 2.33. The molecule has 2 N–H and O–H groups in total. The topological polar surface area (TPSA) is 46.3 Å². The van der Waals surface area contributed by atoms with E-state index < -0.39 is 23.2 Å². The quantitative estimate of drug-likeness (QED) is 0.903. The SMILES string of the molecule is CN(C)C(C)(C(N)=O)c1cccc(C(F)(F)F)c1. The smallest absolute Gasteiger partial charge is 0.368 e. The van der Waals surface area contributed by atoms with Crippen LogP contribution in [0.15, 0.2) is 24.3 Å². The van der Waals surface area contributed by atoms with Gasteiger partial charge in [-0.25, -0.2) is 0 Å². The fraction of sp³-hybridized carbons (Fsp3) is 0.417. The molecule has 1 rings (SSSR count). The summed E-state index contributed by atoms with van der Waals surface area (Å²) in [5.74, 6) is -0.702. The number of hydrogen-bond donors (Lipinski definition) is 1. The number of nitrogens with zero attached hydrogens (tertiary/aromatic N) is 1. The van der Waals surface area contributed by atoms with Crippen molar-refractivity contribution in [2.24, 2.45) is 5.73 Å². The fourth-order valence-corrected chi connectivity index (χ4v) is 1.62. The van der Waals surface area contributed by atoms with Crippen LogP contribution in [0.5, 0.6) is 0 Å². The predicted molar refractivity (Wildman–Crippen MR) is 61.7 cm³/mol. The Morgan fingerprint density at radius 2 is 1.72 bits per heavy atom. The molecule has 1 atom stereocenters. The summed E-state index contributed by atoms with van der Waals surface area (Å²) in [5.41, 5.74) is 3.45. The van der Waals surface area contributed by atoms with Gasteiger partial charge < -0.3 is 5.73 Å². The third-order valence-corrected chi connectivity index (χ3v) is 3.13. The Morgan fingerprint density at radius 1 is 1.22 bits per heavy atom. The molecule has 100 valence electrons. The summed E-state index contributed by atoms with van der Waals surface area (Å²) in [5, 5.41) is 0. The molecular weight excluding hydrogens is 245 g/mol. The molecule has 0 saturated heterocycles. The van der Waals surface area contributed by atoms with Crippen LogP contribution in [0.2, 0.25) is 0 Å². The van der Waals surface area contributed by atoms with Gasteiger partial charge in [0.15, 0.2) is 0 Å². The second-order valence-corrected chi connectivity index (χ2v) is 4.41. The molecule has 18 heavy (non-hydrogen) atoms. The average molecular weight is 260 g/mol. The van der Waals surface area contributed by atoms with Crippen molar-refractivity contribution in [1.82, 2.24) is 4.90 Å². The summed E-state index contributed by atoms with van der Waals surface area (Å²) in [4.78, 5) is 13.0. The standard InChI is InChI=1S/C12H15F3N2O/c1-11(10(16)18,17(2)3)8-5-4-6-9(7-8)12(13,14)15/h4-7H,1-3H3,(H2,16,18). The van der Waals surface area contributed by atoms with E-state index in [9.17, 15) is 18.0 Å². The molecule has 0 heterocycles. The van der Waals surface area contributed by atoms with Crippen LogP contribution in [0.3, 0.4) is 0 Å². The highest BCUT2D eigenvalue weighted by atomic mass is 19.4. The summed E-state index contributed by atoms with van der Waals surface area (Å²) in [6.45, 7) is 1.49. The van der Waals surface area contributed by atoms with Crippen molar-refractivity contribution in [1.29, 1.82) is 0 Å². The first kappa shape index (κ1) is 14.5. The first-order chi connectivity index (χ1) is 8.10. The van der Waals surface area contributed by atoms with Crippen molar-refractivity contribution in [2.75, 3.05) is 14.1 Å². The van der Waals surface area contributed by atoms with Gasteiger partial charge in [0, 0.05) is 0 Å². The summed E-state index contributed by atoms with van der Waals surface area (Å²) in [6, 6.07) is 4.63. The zero-order chi connectivity index (χ0) is 14.1. The second kappa shape index (κ2) is 4.61. The van der Waals surface area contributed by atoms with Gasteiger partial charge in [0.25, 0.3) is 0 Å². The van der Waals surface area contributed by atoms with Gasteiger partial charge in [-0.3, -0.25) is 9.69 Å². The summed E-state index contributed by atoms with van der Waals surface area (Å²) in [6.07, 6.45) is -4.44. The molecule has 0 radical (unpaired) electrons. The van der Waals surface area contributed by atoms with E-state index in [1.165, 1.54) is 24.0 Å². The third kappa shape index (κ3) is 2.48. The Bertz CT molecular complexity index is 457. The van der Waals surface area contributed by atoms with Gasteiger partial charge in [-0.15, -0.1) is 0 Å². The number of benzene rings is 1. The highest BCUT2D eigenvalue weighted by molar-refractivity contribution is 5.85. The Balaban J connectivity index is 3.36. The Morgan fingerprint density at radius 3 is 2.11 bits per heavy atom. The van der Waals surface area contributed by atoms with E-state index in [0.29, 0.717) is 0 Å². The van der Waals surface area contributed by atoms with Crippen molar-refractivity contribution < 1.29 is 18.0 Å². The number of halogens is 3. The van der Waals surface area contributed by atoms with Crippen molar-refractivity contribution in [3.8, 4) is 0 Å². The van der Waals surface area contributed by atoms with Crippen LogP contribution in [-0.2, 0) is 16.5 Å². The van der Waals surface area contributed by atoms with E-state index >= 15 is 0 Å². The first-order valence-electron chi connectivity index (χ1n) is 5.25. The minimum absolute atomic E-state index is 0.217. The van der Waals surface area contributed by atoms with E-state index in [0.717, 1.165) is 12.1 Å². The molecule has 0 aromatic heterocycles. The second-order valence-electron chi connectivity index (χ2n) is 4.41. The number of primary amides is 1. The maximum Gasteiger partial charge on any atom is 0.416 e. The number of likely N-dealkylation sites (N-methyl/N-ethyl adjacent to an activating group) is 1. The zero-order valence-corrected chi connectivity index (χ0v) is 10.4. The van der Waals surface area contributed by atoms with E-state index in [4.69, 9.17) is 5.73 Å². The molecule has 0 spiro atoms. The maximum absolute atomic E-state index is 12.6. The van der Waals surface area contributed by atoms with Gasteiger partial charge in [0.05, 0.1) is 5.56 Å². The van der Waals surface area contributed by atoms with Crippen molar-refractivity contribution in [3.63, 3.8) is 0 Å². The molecular formula is C12H15F3N2O. The number of carbonyl (C=O) groups excluding carboxylic acids is 1. The number of alkyl halides is 3. The van der Waals surface area contributed by atoms with Gasteiger partial charge in [0.2, 0.25) is 5.91 Å². The molecule has 0 aliphatic rings. The largest absolute Gasteiger partial charge is 0.416 e. The van der Waals surface area contributed by atoms with Crippen LogP contribution in [0.4, 0.5) is 13.2 Å². The fourth-order valence-electron chi connectivity index (χ4n) is 1.62. The molecule has 0 aliphatic heterocycles. The van der Waals surface area contributed by atoms with Gasteiger partial charge in [-0.1, -0.05) is 12.1 Å². The van der Waals surface area contributed by atoms with Crippen molar-refractivity contribution in [3.05, 3.63) is 35.4 Å². The lowest BCUT2D eigenvalue weighted by atomic mass is 9.89. The number of hydrogen-bond acceptors (Lipinski definition) is 2. The number of rotatable bonds is 3. The molecule has 1 amide bonds. The monoisotopic (exact) mass is 260 g/mol. The Kier molecular flexibility index (Phi) is 3.71. The maximum atomic E-state index is 12.6. The summed E-state index contributed by atoms with van der Waals surface area (Å²) in [7, 11) is 3.18. The molecule has 0 bridgehead atoms. The molecule has 3 nitrogen and oxygen atoms in total. The number of amides is 1. The Labute approximate surface area is 103 Å². The normalized spacial score (nSPS) is 15.5. The van der Waals surface area contributed by atoms with Crippen LogP contribution >= 0.6 is 0 Å². The molecule has 0 aliphatic carbocycles. The van der Waals surface area contributed by atoms with Gasteiger partial charge in [0.1, 0.15) is 5.54 Å². The minimum Gasteiger partial charge on any atom is -0.368 e. The minimum atomic E-state index is -4.44. The van der Waals surface area contributed by atoms with Crippen LogP contribution in [-0.4, -0.2) is 24.9 Å². The van der Waals surface area contributed by atoms with E-state index in [-0.39, 0.29) is 5.56 Å². The molecule has 0 saturated carbocycles. The molecule has 1 unspecified atom stereocenters. The predicted octanol–water partition coefficient (Wildman–Crippen LogP) is 1.97. The van der Waals surface area contributed by atoms with Gasteiger partial charge in [-0.2, -0.15) is 13.2 Å². The van der Waals surface area contributed by atoms with Crippen LogP contribution < -0.4 is 5.73 Å². The number of carbonyl (C=O) groups is 1. The lowest BCUT2D eigenvalue weighted by Gasteiger charge is -2.34. The third-order valence-electron chi connectivity index (χ3n) is 3.13. The van der Waals surface area contributed by atoms with E-state index in [1.807, 2.05) is 0 Å². The first-order valence-corrected chi connectivity index (χ1v) is 5.25. The Hall–Kier alpha value is -1.56. The van der Waals surface area contributed by atoms with Gasteiger partial charge >= 0.3 is 6.18 Å². The average Bonchev–Trinajstić information content (AvgIpc) is 2.26. The molecule has 6 heteroatoms. The number of nitrogens with two attached hydrogens (primary N) is 1. The van der Waals surface area contributed by atoms with Crippen LogP contribution in [0.1, 0.15) is 18.1 Å². The van der Waals surface area contributed by atoms with Crippen molar-refractivity contribution >= 4 is 5.91 Å². The molecule has 1 aromatic rings. The highest BCUT2D eigenvalue weighted by Gasteiger charge is 2.38. The summed E-state index contributed by atoms with van der Waals surface area (Å²) >= 11 is 0. The molecule has 1 aromatic carbocycles. The lowest BCUT2D eigenvalue weighted by Crippen LogP contribution is -2.49. The van der Waals surface area contributed by atoms with Gasteiger partial charge in [-0.05, 0) is 38.7 Å². The zero-order valence-electron chi connectivity index (χ0n) is 10.4. The van der Waals surface area contributed by atoms with E-state index in [2.05, 4.69) is 0 Å². The van der Waals surface area contributed by atoms with Crippen molar-refractivity contribution in [2.45, 2.75) is 18.6 Å². The lowest BCUT2D eigenvalue weighted by molar-refractivity contribution is -0.138. The summed E-state index contributed by atoms with van der Waals surface area (Å²) < 4.78 is 37.9.